The Morgan fingerprint density at radius 2 is 0.742 bits per heavy atom. The molecule has 0 aromatic heterocycles. The number of halogens is 4. The zero-order valence-electron chi connectivity index (χ0n) is 54.1. The topological polar surface area (TPSA) is 132 Å². The van der Waals surface area contributed by atoms with Crippen molar-refractivity contribution in [1.29, 1.82) is 0 Å². The summed E-state index contributed by atoms with van der Waals surface area (Å²) in [6.07, 6.45) is 9.95. The number of alkyl halides is 4. The highest BCUT2D eigenvalue weighted by molar-refractivity contribution is 7.97. The Bertz CT molecular complexity index is 3210. The van der Waals surface area contributed by atoms with Crippen LogP contribution in [-0.2, 0) is 69.4 Å². The van der Waals surface area contributed by atoms with Gasteiger partial charge in [-0.1, -0.05) is 122 Å². The van der Waals surface area contributed by atoms with Crippen LogP contribution in [0.2, 0.25) is 0 Å². The highest BCUT2D eigenvalue weighted by atomic mass is 32.2. The molecule has 0 aliphatic heterocycles. The molecule has 14 rings (SSSR count). The Balaban J connectivity index is 0.000000148. The molecule has 0 spiro atoms. The molecule has 8 aliphatic rings. The molecule has 10 nitrogen and oxygen atoms in total. The maximum atomic E-state index is 13.2. The van der Waals surface area contributed by atoms with Crippen LogP contribution in [0.15, 0.2) is 236 Å². The fourth-order valence-electron chi connectivity index (χ4n) is 15.8. The van der Waals surface area contributed by atoms with Crippen molar-refractivity contribution in [3.8, 4) is 0 Å². The van der Waals surface area contributed by atoms with E-state index in [2.05, 4.69) is 195 Å². The molecule has 0 heterocycles. The molecule has 0 N–H and O–H groups in total. The summed E-state index contributed by atoms with van der Waals surface area (Å²) in [7, 11) is -0.0293. The van der Waals surface area contributed by atoms with Crippen LogP contribution in [0.4, 0.5) is 17.6 Å². The normalized spacial score (nSPS) is 24.5. The van der Waals surface area contributed by atoms with E-state index < -0.39 is 64.9 Å². The molecule has 8 saturated carbocycles. The number of hydrogen-bond donors (Lipinski definition) is 0. The number of hydrogen-bond acceptors (Lipinski definition) is 10. The van der Waals surface area contributed by atoms with Crippen LogP contribution >= 0.6 is 0 Å². The summed E-state index contributed by atoms with van der Waals surface area (Å²) in [5, 5.41) is 0. The van der Waals surface area contributed by atoms with E-state index in [1.165, 1.54) is 36.3 Å². The van der Waals surface area contributed by atoms with Crippen molar-refractivity contribution in [3.63, 3.8) is 0 Å². The summed E-state index contributed by atoms with van der Waals surface area (Å²) < 4.78 is 79.2. The first-order valence-electron chi connectivity index (χ1n) is 31.9. The van der Waals surface area contributed by atoms with Gasteiger partial charge in [-0.3, -0.25) is 0 Å². The third-order valence-electron chi connectivity index (χ3n) is 18.9. The maximum absolute atomic E-state index is 13.2. The summed E-state index contributed by atoms with van der Waals surface area (Å²) >= 11 is 0. The van der Waals surface area contributed by atoms with E-state index in [9.17, 15) is 41.5 Å². The molecule has 6 aromatic carbocycles. The average Bonchev–Trinajstić information content (AvgIpc) is 0.713. The van der Waals surface area contributed by atoms with Gasteiger partial charge in [0.05, 0.1) is 35.0 Å². The maximum Gasteiger partial charge on any atom is 0.376 e. The number of rotatable bonds is 19. The van der Waals surface area contributed by atoms with Gasteiger partial charge in [0, 0.05) is 41.2 Å². The van der Waals surface area contributed by atoms with Gasteiger partial charge in [-0.2, -0.15) is 17.6 Å². The Morgan fingerprint density at radius 1 is 0.441 bits per heavy atom. The van der Waals surface area contributed by atoms with Crippen molar-refractivity contribution in [2.75, 3.05) is 19.8 Å². The Hall–Kier alpha value is -7.43. The smallest absolute Gasteiger partial charge is 0.376 e. The minimum absolute atomic E-state index is 0.0146. The number of esters is 5. The molecule has 6 aromatic rings. The molecule has 0 radical (unpaired) electrons. The van der Waals surface area contributed by atoms with E-state index in [-0.39, 0.29) is 51.4 Å². The largest absolute Gasteiger partial charge is 0.461 e. The third-order valence-corrected chi connectivity index (χ3v) is 23.4. The quantitative estimate of drug-likeness (QED) is 0.0254. The van der Waals surface area contributed by atoms with Crippen molar-refractivity contribution in [3.05, 3.63) is 206 Å². The van der Waals surface area contributed by atoms with Crippen LogP contribution in [0, 0.1) is 39.9 Å². The van der Waals surface area contributed by atoms with Crippen LogP contribution in [-0.4, -0.2) is 72.7 Å². The van der Waals surface area contributed by atoms with E-state index in [0.717, 1.165) is 57.8 Å². The Kier molecular flexibility index (Phi) is 22.1. The number of benzene rings is 6. The highest BCUT2D eigenvalue weighted by Crippen LogP contribution is 2.69. The SMILES string of the molecule is C=C(C)C(=O)OC(C)(C)C12CC3CC(CC(COC(=O)C(C)(F)F)(C3)C1)C2.C=C(C)C(=O)OCC(=O)OC12CC3CC(CC(COC(=O)C(C)(F)F)(C3)C1)C2.c1ccc([S+](c2ccccc2)c2ccccc2)cc1.c1ccc([S+](c2ccccc2)c2ccccc2)cc1. The van der Waals surface area contributed by atoms with E-state index >= 15 is 0 Å². The zero-order valence-corrected chi connectivity index (χ0v) is 55.7. The van der Waals surface area contributed by atoms with Crippen molar-refractivity contribution >= 4 is 51.6 Å². The molecule has 4 atom stereocenters. The molecule has 0 saturated heterocycles. The molecule has 8 bridgehead atoms. The summed E-state index contributed by atoms with van der Waals surface area (Å²) in [6.45, 7) is 14.6. The lowest BCUT2D eigenvalue weighted by molar-refractivity contribution is -0.222. The summed E-state index contributed by atoms with van der Waals surface area (Å²) in [4.78, 5) is 67.2. The minimum Gasteiger partial charge on any atom is -0.461 e. The second-order valence-corrected chi connectivity index (χ2v) is 31.4. The minimum atomic E-state index is -3.53. The van der Waals surface area contributed by atoms with Crippen LogP contribution in [0.5, 0.6) is 0 Å². The molecule has 4 unspecified atom stereocenters. The van der Waals surface area contributed by atoms with Gasteiger partial charge in [0.15, 0.2) is 36.0 Å². The van der Waals surface area contributed by atoms with E-state index in [4.69, 9.17) is 23.7 Å². The van der Waals surface area contributed by atoms with Gasteiger partial charge < -0.3 is 23.7 Å². The van der Waals surface area contributed by atoms with Crippen LogP contribution in [0.3, 0.4) is 0 Å². The Morgan fingerprint density at radius 3 is 1.04 bits per heavy atom. The summed E-state index contributed by atoms with van der Waals surface area (Å²) in [6, 6.07) is 64.3. The van der Waals surface area contributed by atoms with E-state index in [0.29, 0.717) is 62.4 Å². The summed E-state index contributed by atoms with van der Waals surface area (Å²) in [5.74, 6) is -10.2. The van der Waals surface area contributed by atoms with Gasteiger partial charge in [-0.05, 0) is 201 Å². The van der Waals surface area contributed by atoms with Crippen LogP contribution in [0.25, 0.3) is 0 Å². The first kappa shape index (κ1) is 69.9. The van der Waals surface area contributed by atoms with Crippen molar-refractivity contribution < 1.29 is 65.2 Å². The molecular formula is C77H86F4O10S2+2. The van der Waals surface area contributed by atoms with Gasteiger partial charge in [0.2, 0.25) is 0 Å². The number of carbonyl (C=O) groups is 5. The molecule has 16 heteroatoms. The van der Waals surface area contributed by atoms with Crippen molar-refractivity contribution in [2.24, 2.45) is 39.9 Å². The predicted molar refractivity (Wildman–Crippen MR) is 352 cm³/mol. The van der Waals surface area contributed by atoms with Gasteiger partial charge >= 0.3 is 41.7 Å². The lowest BCUT2D eigenvalue weighted by Crippen LogP contribution is -2.61. The fraction of sp³-hybridized carbons (Fsp3) is 0.416. The predicted octanol–water partition coefficient (Wildman–Crippen LogP) is 17.4. The lowest BCUT2D eigenvalue weighted by Gasteiger charge is -2.65. The second-order valence-electron chi connectivity index (χ2n) is 27.3. The van der Waals surface area contributed by atoms with Crippen LogP contribution in [0.1, 0.15) is 119 Å². The van der Waals surface area contributed by atoms with Gasteiger partial charge in [-0.25, -0.2) is 24.0 Å². The molecule has 492 valence electrons. The molecule has 93 heavy (non-hydrogen) atoms. The van der Waals surface area contributed by atoms with Gasteiger partial charge in [0.1, 0.15) is 11.2 Å². The van der Waals surface area contributed by atoms with Gasteiger partial charge in [0.25, 0.3) is 0 Å². The standard InChI is InChI=1S/C21H30F2O4.C20H26F2O6.2C18H15S/c1-13(2)16(24)27-18(3,4)21-9-14-6-15(10-21)8-20(7-14,11-21)12-26-17(25)19(5,22)23;1-12(2)16(24)26-9-15(23)28-20-7-13-4-14(8-20)6-19(5-13,10-20)11-27-17(25)18(3,21)22;2*1-4-10-16(11-5-1)19(17-12-6-2-7-13-17)18-14-8-3-9-15-18/h14-15H,1,6-12H2,2-5H3;13-14H,1,4-11H2,2-3H3;2*1-15H/q;;2*+1. The summed E-state index contributed by atoms with van der Waals surface area (Å²) in [5.41, 5.74) is -1.80. The van der Waals surface area contributed by atoms with Crippen LogP contribution < -0.4 is 0 Å². The highest BCUT2D eigenvalue weighted by Gasteiger charge is 2.64. The molecule has 8 fully saturated rings. The monoisotopic (exact) mass is 1310 g/mol. The number of carbonyl (C=O) groups excluding carboxylic acids is 5. The third kappa shape index (κ3) is 17.7. The van der Waals surface area contributed by atoms with E-state index in [1.807, 2.05) is 13.8 Å². The fourth-order valence-corrected chi connectivity index (χ4v) is 20.0. The first-order chi connectivity index (χ1) is 44.1. The Labute approximate surface area is 551 Å². The first-order valence-corrected chi connectivity index (χ1v) is 34.4. The van der Waals surface area contributed by atoms with Crippen molar-refractivity contribution in [1.82, 2.24) is 0 Å². The molecule has 0 amide bonds. The second kappa shape index (κ2) is 29.5. The average molecular weight is 1310 g/mol. The van der Waals surface area contributed by atoms with E-state index in [1.54, 1.807) is 6.92 Å². The molecular weight excluding hydrogens is 1220 g/mol. The number of ether oxygens (including phenoxy) is 5. The van der Waals surface area contributed by atoms with Crippen molar-refractivity contribution in [2.45, 2.75) is 171 Å². The lowest BCUT2D eigenvalue weighted by atomic mass is 9.41. The molecule has 8 aliphatic carbocycles. The zero-order chi connectivity index (χ0) is 66.8. The van der Waals surface area contributed by atoms with Gasteiger partial charge in [-0.15, -0.1) is 0 Å².